The van der Waals surface area contributed by atoms with E-state index in [1.807, 2.05) is 6.92 Å². The number of nitrogens with one attached hydrogen (secondary N) is 2. The fourth-order valence-electron chi connectivity index (χ4n) is 3.76. The normalized spacial score (nSPS) is 15.6. The Balaban J connectivity index is 1.53. The van der Waals surface area contributed by atoms with Crippen molar-refractivity contribution >= 4 is 67.6 Å². The van der Waals surface area contributed by atoms with Crippen LogP contribution in [0.1, 0.15) is 18.9 Å². The number of benzene rings is 3. The Morgan fingerprint density at radius 3 is 2.55 bits per heavy atom. The first-order valence-electron chi connectivity index (χ1n) is 10.1. The molecule has 4 rings (SSSR count). The highest BCUT2D eigenvalue weighted by Gasteiger charge is 2.34. The van der Waals surface area contributed by atoms with Gasteiger partial charge in [0.25, 0.3) is 10.0 Å². The van der Waals surface area contributed by atoms with Gasteiger partial charge < -0.3 is 10.6 Å². The van der Waals surface area contributed by atoms with Crippen LogP contribution in [0.5, 0.6) is 0 Å². The molecule has 0 aliphatic carbocycles. The average molecular weight is 524 g/mol. The second-order valence-corrected chi connectivity index (χ2v) is 10.7. The molecule has 2 N–H and O–H groups in total. The predicted octanol–water partition coefficient (Wildman–Crippen LogP) is 6.47. The van der Waals surface area contributed by atoms with Gasteiger partial charge in [-0.25, -0.2) is 12.8 Å². The fraction of sp³-hybridized carbons (Fsp3) is 0.174. The summed E-state index contributed by atoms with van der Waals surface area (Å²) >= 11 is 17.5. The van der Waals surface area contributed by atoms with E-state index in [1.165, 1.54) is 34.6 Å². The molecule has 0 saturated heterocycles. The Morgan fingerprint density at radius 2 is 1.82 bits per heavy atom. The monoisotopic (exact) mass is 523 g/mol. The Hall–Kier alpha value is -2.39. The van der Waals surface area contributed by atoms with E-state index in [4.69, 9.17) is 35.4 Å². The molecule has 1 atom stereocenters. The van der Waals surface area contributed by atoms with Crippen LogP contribution in [0.3, 0.4) is 0 Å². The standard InChI is InChI=1S/C23H20Cl2FN3O2S2/c1-14-5-6-15-13-16(26)7-12-21(15)29(14)33(30,31)18-10-8-17(9-11-18)27-23(32)28-20-4-2-3-19(24)22(20)25/h2-4,7-14H,5-6H2,1H3,(H2,27,28,32)/t14-/m1/s1. The molecule has 1 aliphatic heterocycles. The highest BCUT2D eigenvalue weighted by atomic mass is 35.5. The topological polar surface area (TPSA) is 61.4 Å². The molecule has 1 aliphatic rings. The largest absolute Gasteiger partial charge is 0.332 e. The summed E-state index contributed by atoms with van der Waals surface area (Å²) in [4.78, 5) is 0.133. The number of hydrogen-bond donors (Lipinski definition) is 2. The van der Waals surface area contributed by atoms with Crippen molar-refractivity contribution < 1.29 is 12.8 Å². The van der Waals surface area contributed by atoms with Crippen molar-refractivity contribution in [3.8, 4) is 0 Å². The first kappa shape index (κ1) is 23.8. The van der Waals surface area contributed by atoms with Gasteiger partial charge in [-0.05, 0) is 92.1 Å². The van der Waals surface area contributed by atoms with Crippen LogP contribution in [0.15, 0.2) is 65.6 Å². The van der Waals surface area contributed by atoms with Crippen LogP contribution in [0.4, 0.5) is 21.5 Å². The molecule has 10 heteroatoms. The number of halogens is 3. The third kappa shape index (κ3) is 4.94. The summed E-state index contributed by atoms with van der Waals surface area (Å²) in [6.07, 6.45) is 1.24. The van der Waals surface area contributed by atoms with Crippen LogP contribution in [0, 0.1) is 5.82 Å². The molecule has 0 radical (unpaired) electrons. The summed E-state index contributed by atoms with van der Waals surface area (Å²) in [5, 5.41) is 6.98. The van der Waals surface area contributed by atoms with E-state index < -0.39 is 10.0 Å². The summed E-state index contributed by atoms with van der Waals surface area (Å²) in [6, 6.07) is 15.4. The summed E-state index contributed by atoms with van der Waals surface area (Å²) < 4.78 is 41.9. The van der Waals surface area contributed by atoms with E-state index in [9.17, 15) is 12.8 Å². The average Bonchev–Trinajstić information content (AvgIpc) is 2.77. The first-order chi connectivity index (χ1) is 15.7. The molecule has 0 fully saturated rings. The summed E-state index contributed by atoms with van der Waals surface area (Å²) in [5.41, 5.74) is 2.35. The quantitative estimate of drug-likeness (QED) is 0.383. The highest BCUT2D eigenvalue weighted by molar-refractivity contribution is 7.92. The van der Waals surface area contributed by atoms with Crippen LogP contribution in [0.25, 0.3) is 0 Å². The van der Waals surface area contributed by atoms with Crippen LogP contribution < -0.4 is 14.9 Å². The van der Waals surface area contributed by atoms with Crippen molar-refractivity contribution in [2.75, 3.05) is 14.9 Å². The third-order valence-corrected chi connectivity index (χ3v) is 8.34. The van der Waals surface area contributed by atoms with Crippen LogP contribution in [-0.2, 0) is 16.4 Å². The lowest BCUT2D eigenvalue weighted by molar-refractivity contribution is 0.560. The van der Waals surface area contributed by atoms with E-state index in [-0.39, 0.29) is 21.9 Å². The molecule has 172 valence electrons. The molecule has 0 bridgehead atoms. The number of rotatable bonds is 4. The number of thiocarbonyl (C=S) groups is 1. The smallest absolute Gasteiger partial charge is 0.264 e. The number of hydrogen-bond acceptors (Lipinski definition) is 3. The molecule has 33 heavy (non-hydrogen) atoms. The maximum atomic E-state index is 13.7. The van der Waals surface area contributed by atoms with Crippen molar-refractivity contribution in [3.63, 3.8) is 0 Å². The second-order valence-electron chi connectivity index (χ2n) is 7.67. The van der Waals surface area contributed by atoms with Crippen molar-refractivity contribution in [3.05, 3.63) is 82.1 Å². The van der Waals surface area contributed by atoms with Gasteiger partial charge in [-0.15, -0.1) is 0 Å². The van der Waals surface area contributed by atoms with Crippen LogP contribution >= 0.6 is 35.4 Å². The Bertz CT molecular complexity index is 1320. The second kappa shape index (κ2) is 9.46. The lowest BCUT2D eigenvalue weighted by Crippen LogP contribution is -2.42. The zero-order chi connectivity index (χ0) is 23.8. The SMILES string of the molecule is C[C@@H]1CCc2cc(F)ccc2N1S(=O)(=O)c1ccc(NC(=S)Nc2cccc(Cl)c2Cl)cc1. The zero-order valence-corrected chi connectivity index (χ0v) is 20.6. The van der Waals surface area contributed by atoms with Crippen molar-refractivity contribution in [2.24, 2.45) is 0 Å². The van der Waals surface area contributed by atoms with Gasteiger partial charge in [0.1, 0.15) is 5.82 Å². The highest BCUT2D eigenvalue weighted by Crippen LogP contribution is 2.36. The van der Waals surface area contributed by atoms with Crippen LogP contribution in [-0.4, -0.2) is 19.6 Å². The number of aryl methyl sites for hydroxylation is 1. The maximum absolute atomic E-state index is 13.7. The van der Waals surface area contributed by atoms with Crippen molar-refractivity contribution in [1.29, 1.82) is 0 Å². The lowest BCUT2D eigenvalue weighted by Gasteiger charge is -2.36. The molecular weight excluding hydrogens is 504 g/mol. The number of nitrogens with zero attached hydrogens (tertiary/aromatic N) is 1. The minimum Gasteiger partial charge on any atom is -0.332 e. The third-order valence-electron chi connectivity index (χ3n) is 5.38. The molecule has 1 heterocycles. The minimum absolute atomic E-state index is 0.133. The Labute approximate surface area is 207 Å². The molecule has 3 aromatic carbocycles. The van der Waals surface area contributed by atoms with Gasteiger partial charge in [0.05, 0.1) is 26.3 Å². The van der Waals surface area contributed by atoms with Gasteiger partial charge in [-0.2, -0.15) is 0 Å². The molecule has 0 spiro atoms. The van der Waals surface area contributed by atoms with Crippen molar-refractivity contribution in [2.45, 2.75) is 30.7 Å². The van der Waals surface area contributed by atoms with Gasteiger partial charge in [0.15, 0.2) is 5.11 Å². The van der Waals surface area contributed by atoms with E-state index >= 15 is 0 Å². The molecule has 5 nitrogen and oxygen atoms in total. The predicted molar refractivity (Wildman–Crippen MR) is 137 cm³/mol. The van der Waals surface area contributed by atoms with Gasteiger partial charge in [0, 0.05) is 11.7 Å². The summed E-state index contributed by atoms with van der Waals surface area (Å²) in [5.74, 6) is -0.375. The fourth-order valence-corrected chi connectivity index (χ4v) is 6.06. The minimum atomic E-state index is -3.84. The van der Waals surface area contributed by atoms with Gasteiger partial charge >= 0.3 is 0 Å². The first-order valence-corrected chi connectivity index (χ1v) is 12.7. The van der Waals surface area contributed by atoms with Gasteiger partial charge in [-0.3, -0.25) is 4.31 Å². The van der Waals surface area contributed by atoms with E-state index in [1.54, 1.807) is 30.3 Å². The molecule has 0 aromatic heterocycles. The summed E-state index contributed by atoms with van der Waals surface area (Å²) in [7, 11) is -3.84. The number of sulfonamides is 1. The van der Waals surface area contributed by atoms with Gasteiger partial charge in [0.2, 0.25) is 0 Å². The van der Waals surface area contributed by atoms with Gasteiger partial charge in [-0.1, -0.05) is 29.3 Å². The van der Waals surface area contributed by atoms with E-state index in [2.05, 4.69) is 10.6 Å². The molecule has 0 amide bonds. The van der Waals surface area contributed by atoms with Crippen LogP contribution in [0.2, 0.25) is 10.0 Å². The molecular formula is C23H20Cl2FN3O2S2. The van der Waals surface area contributed by atoms with Crippen molar-refractivity contribution in [1.82, 2.24) is 0 Å². The zero-order valence-electron chi connectivity index (χ0n) is 17.5. The molecule has 0 saturated carbocycles. The molecule has 0 unspecified atom stereocenters. The lowest BCUT2D eigenvalue weighted by atomic mass is 9.99. The van der Waals surface area contributed by atoms with E-state index in [0.717, 1.165) is 0 Å². The van der Waals surface area contributed by atoms with E-state index in [0.29, 0.717) is 45.5 Å². The molecule has 3 aromatic rings. The Morgan fingerprint density at radius 1 is 1.09 bits per heavy atom. The maximum Gasteiger partial charge on any atom is 0.264 e. The number of fused-ring (bicyclic) bond motifs is 1. The Kier molecular flexibility index (Phi) is 6.81. The summed E-state index contributed by atoms with van der Waals surface area (Å²) in [6.45, 7) is 1.85. The number of anilines is 3.